The summed E-state index contributed by atoms with van der Waals surface area (Å²) in [6, 6.07) is 6.37. The zero-order chi connectivity index (χ0) is 16.5. The maximum Gasteiger partial charge on any atom is 0.348 e. The molecular weight excluding hydrogens is 286 g/mol. The predicted molar refractivity (Wildman–Crippen MR) is 79.0 cm³/mol. The third kappa shape index (κ3) is 4.49. The van der Waals surface area contributed by atoms with Gasteiger partial charge < -0.3 is 14.2 Å². The lowest BCUT2D eigenvalue weighted by atomic mass is 10.1. The first-order valence-corrected chi connectivity index (χ1v) is 6.36. The fourth-order valence-electron chi connectivity index (χ4n) is 1.52. The molecular formula is C16H15NO5. The quantitative estimate of drug-likeness (QED) is 0.347. The Hall–Kier alpha value is -3.07. The van der Waals surface area contributed by atoms with Gasteiger partial charge in [-0.15, -0.1) is 0 Å². The first-order valence-electron chi connectivity index (χ1n) is 6.36. The van der Waals surface area contributed by atoms with E-state index in [2.05, 4.69) is 6.58 Å². The zero-order valence-corrected chi connectivity index (χ0v) is 12.3. The number of carbonyl (C=O) groups excluding carboxylic acids is 2. The average Bonchev–Trinajstić information content (AvgIpc) is 2.53. The van der Waals surface area contributed by atoms with Crippen LogP contribution in [0.15, 0.2) is 36.4 Å². The van der Waals surface area contributed by atoms with Gasteiger partial charge in [-0.1, -0.05) is 12.6 Å². The molecule has 114 valence electrons. The van der Waals surface area contributed by atoms with Crippen LogP contribution in [0.2, 0.25) is 0 Å². The van der Waals surface area contributed by atoms with E-state index in [1.54, 1.807) is 19.1 Å². The minimum absolute atomic E-state index is 0.139. The van der Waals surface area contributed by atoms with Crippen LogP contribution < -0.4 is 9.47 Å². The molecule has 0 aliphatic rings. The minimum atomic E-state index is -0.703. The normalized spacial score (nSPS) is 10.3. The summed E-state index contributed by atoms with van der Waals surface area (Å²) >= 11 is 0. The molecule has 22 heavy (non-hydrogen) atoms. The highest BCUT2D eigenvalue weighted by molar-refractivity contribution is 5.98. The van der Waals surface area contributed by atoms with Crippen molar-refractivity contribution in [3.63, 3.8) is 0 Å². The van der Waals surface area contributed by atoms with Gasteiger partial charge in [-0.25, -0.2) is 9.59 Å². The van der Waals surface area contributed by atoms with E-state index in [9.17, 15) is 9.59 Å². The highest BCUT2D eigenvalue weighted by Gasteiger charge is 2.12. The summed E-state index contributed by atoms with van der Waals surface area (Å²) in [4.78, 5) is 22.8. The molecule has 1 rings (SSSR count). The van der Waals surface area contributed by atoms with Gasteiger partial charge in [-0.3, -0.25) is 0 Å². The van der Waals surface area contributed by atoms with Crippen molar-refractivity contribution in [3.8, 4) is 17.6 Å². The van der Waals surface area contributed by atoms with E-state index in [0.717, 1.165) is 6.08 Å². The second kappa shape index (κ2) is 8.27. The van der Waals surface area contributed by atoms with Crippen LogP contribution in [0.1, 0.15) is 12.5 Å². The van der Waals surface area contributed by atoms with E-state index in [1.165, 1.54) is 25.3 Å². The van der Waals surface area contributed by atoms with Crippen LogP contribution in [0.4, 0.5) is 0 Å². The minimum Gasteiger partial charge on any atom is -0.493 e. The van der Waals surface area contributed by atoms with E-state index in [4.69, 9.17) is 19.5 Å². The van der Waals surface area contributed by atoms with Crippen molar-refractivity contribution in [2.24, 2.45) is 0 Å². The lowest BCUT2D eigenvalue weighted by Gasteiger charge is -2.08. The van der Waals surface area contributed by atoms with Crippen LogP contribution >= 0.6 is 0 Å². The van der Waals surface area contributed by atoms with E-state index >= 15 is 0 Å². The lowest BCUT2D eigenvalue weighted by molar-refractivity contribution is -0.138. The van der Waals surface area contributed by atoms with Gasteiger partial charge in [-0.2, -0.15) is 5.26 Å². The van der Waals surface area contributed by atoms with Crippen molar-refractivity contribution in [2.75, 3.05) is 13.7 Å². The molecule has 1 aromatic rings. The summed E-state index contributed by atoms with van der Waals surface area (Å²) in [6.45, 7) is 5.13. The molecule has 0 fully saturated rings. The Morgan fingerprint density at radius 2 is 2.09 bits per heavy atom. The zero-order valence-electron chi connectivity index (χ0n) is 12.3. The molecule has 0 amide bonds. The number of esters is 2. The lowest BCUT2D eigenvalue weighted by Crippen LogP contribution is -2.06. The van der Waals surface area contributed by atoms with Gasteiger partial charge in [-0.05, 0) is 30.7 Å². The van der Waals surface area contributed by atoms with Gasteiger partial charge in [0.05, 0.1) is 13.7 Å². The van der Waals surface area contributed by atoms with Crippen LogP contribution in [0.5, 0.6) is 11.5 Å². The first kappa shape index (κ1) is 17.0. The maximum atomic E-state index is 11.6. The number of methoxy groups -OCH3 is 1. The Morgan fingerprint density at radius 1 is 1.36 bits per heavy atom. The molecule has 6 nitrogen and oxygen atoms in total. The average molecular weight is 301 g/mol. The van der Waals surface area contributed by atoms with Gasteiger partial charge in [0.2, 0.25) is 0 Å². The standard InChI is InChI=1S/C16H15NO5/c1-4-15(18)22-13-7-6-11(9-14(13)20-3)8-12(10-17)16(19)21-5-2/h4,6-9H,1,5H2,2-3H3/b12-8+. The maximum absolute atomic E-state index is 11.6. The third-order valence-corrected chi connectivity index (χ3v) is 2.49. The molecule has 0 N–H and O–H groups in total. The molecule has 0 spiro atoms. The summed E-state index contributed by atoms with van der Waals surface area (Å²) < 4.78 is 14.9. The molecule has 0 bridgehead atoms. The Morgan fingerprint density at radius 3 is 2.64 bits per heavy atom. The molecule has 6 heteroatoms. The van der Waals surface area contributed by atoms with Crippen molar-refractivity contribution in [3.05, 3.63) is 42.0 Å². The molecule has 0 unspecified atom stereocenters. The van der Waals surface area contributed by atoms with Gasteiger partial charge in [0.15, 0.2) is 11.5 Å². The van der Waals surface area contributed by atoms with Crippen molar-refractivity contribution in [1.29, 1.82) is 5.26 Å². The third-order valence-electron chi connectivity index (χ3n) is 2.49. The molecule has 0 aliphatic carbocycles. The fraction of sp³-hybridized carbons (Fsp3) is 0.188. The van der Waals surface area contributed by atoms with E-state index in [1.807, 2.05) is 0 Å². The number of nitriles is 1. The summed E-state index contributed by atoms with van der Waals surface area (Å²) in [6.07, 6.45) is 2.39. The van der Waals surface area contributed by atoms with Gasteiger partial charge in [0.25, 0.3) is 0 Å². The summed E-state index contributed by atoms with van der Waals surface area (Å²) in [5.41, 5.74) is 0.389. The van der Waals surface area contributed by atoms with Gasteiger partial charge >= 0.3 is 11.9 Å². The number of nitrogens with zero attached hydrogens (tertiary/aromatic N) is 1. The predicted octanol–water partition coefficient (Wildman–Crippen LogP) is 2.26. The Kier molecular flexibility index (Phi) is 6.38. The van der Waals surface area contributed by atoms with Crippen LogP contribution in [-0.2, 0) is 14.3 Å². The van der Waals surface area contributed by atoms with Crippen molar-refractivity contribution >= 4 is 18.0 Å². The van der Waals surface area contributed by atoms with Crippen molar-refractivity contribution in [1.82, 2.24) is 0 Å². The molecule has 0 aliphatic heterocycles. The van der Waals surface area contributed by atoms with Crippen molar-refractivity contribution in [2.45, 2.75) is 6.92 Å². The number of hydrogen-bond donors (Lipinski definition) is 0. The highest BCUT2D eigenvalue weighted by Crippen LogP contribution is 2.29. The monoisotopic (exact) mass is 301 g/mol. The van der Waals surface area contributed by atoms with Crippen LogP contribution in [0.3, 0.4) is 0 Å². The Balaban J connectivity index is 3.12. The molecule has 0 saturated heterocycles. The smallest absolute Gasteiger partial charge is 0.348 e. The van der Waals surface area contributed by atoms with Crippen LogP contribution in [0.25, 0.3) is 6.08 Å². The number of carbonyl (C=O) groups is 2. The van der Waals surface area contributed by atoms with E-state index in [0.29, 0.717) is 5.56 Å². The Bertz CT molecular complexity index is 655. The fourth-order valence-corrected chi connectivity index (χ4v) is 1.52. The molecule has 0 saturated carbocycles. The first-order chi connectivity index (χ1) is 10.5. The second-order valence-electron chi connectivity index (χ2n) is 3.93. The molecule has 1 aromatic carbocycles. The molecule has 0 heterocycles. The topological polar surface area (TPSA) is 85.6 Å². The Labute approximate surface area is 128 Å². The van der Waals surface area contributed by atoms with E-state index < -0.39 is 11.9 Å². The summed E-state index contributed by atoms with van der Waals surface area (Å²) in [7, 11) is 1.41. The molecule has 0 aromatic heterocycles. The van der Waals surface area contributed by atoms with E-state index in [-0.39, 0.29) is 23.7 Å². The summed E-state index contributed by atoms with van der Waals surface area (Å²) in [5, 5.41) is 8.99. The van der Waals surface area contributed by atoms with Crippen LogP contribution in [-0.4, -0.2) is 25.7 Å². The number of benzene rings is 1. The molecule has 0 atom stereocenters. The largest absolute Gasteiger partial charge is 0.493 e. The number of rotatable bonds is 6. The van der Waals surface area contributed by atoms with Gasteiger partial charge in [0, 0.05) is 6.08 Å². The SMILES string of the molecule is C=CC(=O)Oc1ccc(/C=C(\C#N)C(=O)OCC)cc1OC. The highest BCUT2D eigenvalue weighted by atomic mass is 16.6. The number of hydrogen-bond acceptors (Lipinski definition) is 6. The number of ether oxygens (including phenoxy) is 3. The summed E-state index contributed by atoms with van der Waals surface area (Å²) in [5.74, 6) is -0.832. The molecule has 0 radical (unpaired) electrons. The second-order valence-corrected chi connectivity index (χ2v) is 3.93. The van der Waals surface area contributed by atoms with Crippen molar-refractivity contribution < 1.29 is 23.8 Å². The van der Waals surface area contributed by atoms with Gasteiger partial charge in [0.1, 0.15) is 11.6 Å². The van der Waals surface area contributed by atoms with Crippen LogP contribution in [0, 0.1) is 11.3 Å².